The molecule has 0 saturated heterocycles. The molecule has 3 aromatic rings. The molecule has 2 N–H and O–H groups in total. The molecule has 0 fully saturated rings. The number of rotatable bonds is 9. The number of hydrogen-bond donors (Lipinski definition) is 2. The number of ether oxygens (including phenoxy) is 2. The summed E-state index contributed by atoms with van der Waals surface area (Å²) in [5.74, 6) is 0.666. The number of benzene rings is 3. The van der Waals surface area contributed by atoms with Gasteiger partial charge in [0.25, 0.3) is 5.91 Å². The van der Waals surface area contributed by atoms with E-state index in [9.17, 15) is 9.59 Å². The van der Waals surface area contributed by atoms with E-state index in [0.29, 0.717) is 5.75 Å². The zero-order chi connectivity index (χ0) is 24.5. The van der Waals surface area contributed by atoms with E-state index in [4.69, 9.17) is 9.47 Å². The molecule has 0 unspecified atom stereocenters. The van der Waals surface area contributed by atoms with Crippen LogP contribution in [0.15, 0.2) is 78.9 Å². The summed E-state index contributed by atoms with van der Waals surface area (Å²) in [6, 6.07) is 19.2. The van der Waals surface area contributed by atoms with Crippen LogP contribution in [0.4, 0.5) is 0 Å². The number of fused-ring (bicyclic) bond motifs is 1. The van der Waals surface area contributed by atoms with Crippen LogP contribution in [-0.4, -0.2) is 31.3 Å². The van der Waals surface area contributed by atoms with Gasteiger partial charge in [0.15, 0.2) is 6.61 Å². The lowest BCUT2D eigenvalue weighted by Gasteiger charge is -2.13. The molecule has 0 aliphatic heterocycles. The van der Waals surface area contributed by atoms with Crippen LogP contribution in [0.2, 0.25) is 0 Å². The Morgan fingerprint density at radius 2 is 1.76 bits per heavy atom. The predicted molar refractivity (Wildman–Crippen MR) is 139 cm³/mol. The van der Waals surface area contributed by atoms with E-state index in [1.807, 2.05) is 74.5 Å². The van der Waals surface area contributed by atoms with Gasteiger partial charge in [-0.25, -0.2) is 0 Å². The molecule has 176 valence electrons. The largest absolute Gasteiger partial charge is 0.497 e. The van der Waals surface area contributed by atoms with Gasteiger partial charge in [0, 0.05) is 10.3 Å². The van der Waals surface area contributed by atoms with Crippen molar-refractivity contribution in [3.05, 3.63) is 90.0 Å². The van der Waals surface area contributed by atoms with Gasteiger partial charge in [-0.05, 0) is 54.6 Å². The van der Waals surface area contributed by atoms with Crippen molar-refractivity contribution in [3.63, 3.8) is 0 Å². The molecular formula is C27H28N2O4S. The van der Waals surface area contributed by atoms with Gasteiger partial charge < -0.3 is 9.47 Å². The van der Waals surface area contributed by atoms with E-state index < -0.39 is 5.91 Å². The number of nitrogens with one attached hydrogen (secondary N) is 2. The summed E-state index contributed by atoms with van der Waals surface area (Å²) >= 11 is 1.36. The molecule has 0 bridgehead atoms. The first-order valence-electron chi connectivity index (χ1n) is 10.7. The topological polar surface area (TPSA) is 76.7 Å². The SMILES string of the molecule is C=C(C)/C=C(/SCC(=O)NNC(=O)COc1cccc2ccccc12)c1cc(OC)ccc1C. The molecule has 0 spiro atoms. The van der Waals surface area contributed by atoms with E-state index in [2.05, 4.69) is 17.4 Å². The van der Waals surface area contributed by atoms with Gasteiger partial charge in [-0.15, -0.1) is 11.8 Å². The molecule has 0 aliphatic carbocycles. The maximum atomic E-state index is 12.4. The highest BCUT2D eigenvalue weighted by molar-refractivity contribution is 8.08. The van der Waals surface area contributed by atoms with Gasteiger partial charge in [-0.1, -0.05) is 54.6 Å². The van der Waals surface area contributed by atoms with E-state index in [1.54, 1.807) is 13.2 Å². The van der Waals surface area contributed by atoms with Crippen molar-refractivity contribution in [3.8, 4) is 11.5 Å². The van der Waals surface area contributed by atoms with Crippen molar-refractivity contribution in [2.75, 3.05) is 19.5 Å². The molecule has 3 rings (SSSR count). The standard InChI is InChI=1S/C27H28N2O4S/c1-18(2)14-25(23-15-21(32-4)13-12-19(23)3)34-17-27(31)29-28-26(30)16-33-24-11-7-9-20-8-5-6-10-22(20)24/h5-15H,1,16-17H2,2-4H3,(H,28,30)(H,29,31)/b25-14+. The van der Waals surface area contributed by atoms with Crippen molar-refractivity contribution >= 4 is 39.3 Å². The third-order valence-corrected chi connectivity index (χ3v) is 5.95. The van der Waals surface area contributed by atoms with Gasteiger partial charge in [0.05, 0.1) is 12.9 Å². The lowest BCUT2D eigenvalue weighted by atomic mass is 10.1. The van der Waals surface area contributed by atoms with Gasteiger partial charge in [0.2, 0.25) is 5.91 Å². The molecule has 0 saturated carbocycles. The summed E-state index contributed by atoms with van der Waals surface area (Å²) in [7, 11) is 1.61. The summed E-state index contributed by atoms with van der Waals surface area (Å²) in [6.45, 7) is 7.63. The number of methoxy groups -OCH3 is 1. The Kier molecular flexibility index (Phi) is 8.76. The summed E-state index contributed by atoms with van der Waals surface area (Å²) in [6.07, 6.45) is 1.93. The van der Waals surface area contributed by atoms with Crippen LogP contribution in [0.25, 0.3) is 15.7 Å². The van der Waals surface area contributed by atoms with Gasteiger partial charge >= 0.3 is 0 Å². The Balaban J connectivity index is 1.53. The average Bonchev–Trinajstić information content (AvgIpc) is 2.84. The van der Waals surface area contributed by atoms with E-state index in [-0.39, 0.29) is 18.3 Å². The van der Waals surface area contributed by atoms with Crippen LogP contribution < -0.4 is 20.3 Å². The molecule has 2 amide bonds. The van der Waals surface area contributed by atoms with E-state index in [0.717, 1.165) is 38.1 Å². The first-order chi connectivity index (χ1) is 16.4. The lowest BCUT2D eigenvalue weighted by molar-refractivity contribution is -0.128. The highest BCUT2D eigenvalue weighted by Gasteiger charge is 2.12. The molecule has 0 aliphatic rings. The Morgan fingerprint density at radius 3 is 2.53 bits per heavy atom. The lowest BCUT2D eigenvalue weighted by Crippen LogP contribution is -2.44. The summed E-state index contributed by atoms with van der Waals surface area (Å²) in [5.41, 5.74) is 7.73. The summed E-state index contributed by atoms with van der Waals surface area (Å²) in [5, 5.41) is 1.94. The van der Waals surface area contributed by atoms with Crippen molar-refractivity contribution < 1.29 is 19.1 Å². The number of hydrazine groups is 1. The molecule has 0 heterocycles. The molecule has 0 atom stereocenters. The second-order valence-corrected chi connectivity index (χ2v) is 8.70. The highest BCUT2D eigenvalue weighted by Crippen LogP contribution is 2.33. The monoisotopic (exact) mass is 476 g/mol. The van der Waals surface area contributed by atoms with Crippen LogP contribution in [0.3, 0.4) is 0 Å². The van der Waals surface area contributed by atoms with Gasteiger partial charge in [-0.2, -0.15) is 0 Å². The third-order valence-electron chi connectivity index (χ3n) is 4.90. The number of aryl methyl sites for hydroxylation is 1. The number of amides is 2. The quantitative estimate of drug-likeness (QED) is 0.335. The summed E-state index contributed by atoms with van der Waals surface area (Å²) in [4.78, 5) is 25.4. The smallest absolute Gasteiger partial charge is 0.276 e. The van der Waals surface area contributed by atoms with Gasteiger partial charge in [-0.3, -0.25) is 20.4 Å². The maximum Gasteiger partial charge on any atom is 0.276 e. The average molecular weight is 477 g/mol. The number of carbonyl (C=O) groups excluding carboxylic acids is 2. The van der Waals surface area contributed by atoms with Crippen LogP contribution in [0, 0.1) is 6.92 Å². The number of carbonyl (C=O) groups is 2. The fraction of sp³-hybridized carbons (Fsp3) is 0.185. The zero-order valence-corrected chi connectivity index (χ0v) is 20.3. The Hall–Kier alpha value is -3.71. The molecule has 7 heteroatoms. The van der Waals surface area contributed by atoms with Crippen molar-refractivity contribution in [1.82, 2.24) is 10.9 Å². The van der Waals surface area contributed by atoms with Crippen LogP contribution in [-0.2, 0) is 9.59 Å². The minimum atomic E-state index is -0.451. The number of hydrogen-bond acceptors (Lipinski definition) is 5. The molecule has 0 aromatic heterocycles. The fourth-order valence-electron chi connectivity index (χ4n) is 3.23. The van der Waals surface area contributed by atoms with Gasteiger partial charge in [0.1, 0.15) is 11.5 Å². The number of allylic oxidation sites excluding steroid dienone is 2. The van der Waals surface area contributed by atoms with Crippen LogP contribution in [0.1, 0.15) is 18.1 Å². The normalized spacial score (nSPS) is 11.1. The third kappa shape index (κ3) is 6.89. The maximum absolute atomic E-state index is 12.4. The highest BCUT2D eigenvalue weighted by atomic mass is 32.2. The second kappa shape index (κ2) is 12.0. The number of thioether (sulfide) groups is 1. The summed E-state index contributed by atoms with van der Waals surface area (Å²) < 4.78 is 11.0. The molecule has 34 heavy (non-hydrogen) atoms. The Bertz CT molecular complexity index is 1230. The molecular weight excluding hydrogens is 448 g/mol. The molecule has 0 radical (unpaired) electrons. The predicted octanol–water partition coefficient (Wildman–Crippen LogP) is 5.03. The van der Waals surface area contributed by atoms with Crippen LogP contribution >= 0.6 is 11.8 Å². The Morgan fingerprint density at radius 1 is 1.03 bits per heavy atom. The second-order valence-electron chi connectivity index (χ2n) is 7.69. The van der Waals surface area contributed by atoms with Crippen LogP contribution in [0.5, 0.6) is 11.5 Å². The first-order valence-corrected chi connectivity index (χ1v) is 11.7. The minimum Gasteiger partial charge on any atom is -0.497 e. The Labute approximate surface area is 204 Å². The minimum absolute atomic E-state index is 0.111. The fourth-order valence-corrected chi connectivity index (χ4v) is 4.25. The van der Waals surface area contributed by atoms with Crippen molar-refractivity contribution in [1.29, 1.82) is 0 Å². The van der Waals surface area contributed by atoms with E-state index >= 15 is 0 Å². The van der Waals surface area contributed by atoms with Crippen molar-refractivity contribution in [2.24, 2.45) is 0 Å². The first kappa shape index (κ1) is 24.9. The zero-order valence-electron chi connectivity index (χ0n) is 19.5. The van der Waals surface area contributed by atoms with E-state index in [1.165, 1.54) is 11.8 Å². The molecule has 3 aromatic carbocycles. The van der Waals surface area contributed by atoms with Crippen molar-refractivity contribution in [2.45, 2.75) is 13.8 Å². The molecule has 6 nitrogen and oxygen atoms in total.